The summed E-state index contributed by atoms with van der Waals surface area (Å²) in [4.78, 5) is 29.8. The smallest absolute Gasteiger partial charge is 0.273 e. The molecule has 2 saturated carbocycles. The Kier molecular flexibility index (Phi) is 3.38. The van der Waals surface area contributed by atoms with E-state index in [2.05, 4.69) is 30.2 Å². The molecule has 2 aromatic rings. The normalized spacial score (nSPS) is 26.4. The van der Waals surface area contributed by atoms with Crippen LogP contribution in [0.4, 0.5) is 17.3 Å². The standard InChI is InChI=1S/C19H21N7O3S/c1-20-18(28)14-12(23-16-15-10(3-6-21-16)9-22-30(15,2)29)7-13(25-26-14)24-17(27)11-8-19(11)4-5-19/h3,6-7,11H,4-5,8-9H2,1-2H3,(H,20,28)(H2,21,23,24,25,27)/t11-,30?/m1/s1/i1D3. The third-order valence-corrected chi connectivity index (χ3v) is 7.71. The summed E-state index contributed by atoms with van der Waals surface area (Å²) in [7, 11) is -2.70. The molecule has 2 aliphatic carbocycles. The molecule has 0 aromatic carbocycles. The highest BCUT2D eigenvalue weighted by molar-refractivity contribution is 7.93. The number of amides is 2. The van der Waals surface area contributed by atoms with E-state index in [0.29, 0.717) is 4.90 Å². The number of hydrogen-bond acceptors (Lipinski definition) is 8. The maximum absolute atomic E-state index is 12.9. The Morgan fingerprint density at radius 2 is 2.17 bits per heavy atom. The fourth-order valence-corrected chi connectivity index (χ4v) is 5.53. The zero-order valence-corrected chi connectivity index (χ0v) is 16.9. The van der Waals surface area contributed by atoms with Crippen molar-refractivity contribution in [2.24, 2.45) is 15.7 Å². The molecule has 30 heavy (non-hydrogen) atoms. The summed E-state index contributed by atoms with van der Waals surface area (Å²) in [6, 6.07) is 3.09. The molecule has 5 rings (SSSR count). The number of carbonyl (C=O) groups is 2. The van der Waals surface area contributed by atoms with Crippen molar-refractivity contribution in [2.45, 2.75) is 30.7 Å². The second-order valence-electron chi connectivity index (χ2n) is 7.92. The summed E-state index contributed by atoms with van der Waals surface area (Å²) in [6.45, 7) is -2.47. The second kappa shape index (κ2) is 6.46. The van der Waals surface area contributed by atoms with Gasteiger partial charge in [0.25, 0.3) is 5.91 Å². The molecule has 1 unspecified atom stereocenters. The lowest BCUT2D eigenvalue weighted by Gasteiger charge is -2.14. The SMILES string of the molecule is [2H]C([2H])([2H])NC(=O)c1nnc(NC(=O)[C@H]2CC23CC3)cc1Nc1nccc2c1S(C)(=O)=NC2. The number of aromatic nitrogens is 3. The summed E-state index contributed by atoms with van der Waals surface area (Å²) in [5.74, 6) is -0.906. The predicted molar refractivity (Wildman–Crippen MR) is 110 cm³/mol. The molecular formula is C19H21N7O3S. The van der Waals surface area contributed by atoms with Gasteiger partial charge >= 0.3 is 0 Å². The van der Waals surface area contributed by atoms with Gasteiger partial charge in [0, 0.05) is 35.5 Å². The second-order valence-corrected chi connectivity index (χ2v) is 10.2. The monoisotopic (exact) mass is 430 g/mol. The number of nitrogens with one attached hydrogen (secondary N) is 3. The van der Waals surface area contributed by atoms with Crippen LogP contribution < -0.4 is 16.0 Å². The van der Waals surface area contributed by atoms with Crippen LogP contribution in [0.3, 0.4) is 0 Å². The Morgan fingerprint density at radius 1 is 1.33 bits per heavy atom. The van der Waals surface area contributed by atoms with Gasteiger partial charge in [0.1, 0.15) is 5.82 Å². The van der Waals surface area contributed by atoms with Crippen molar-refractivity contribution >= 4 is 38.9 Å². The van der Waals surface area contributed by atoms with E-state index in [9.17, 15) is 13.8 Å². The van der Waals surface area contributed by atoms with Gasteiger partial charge in [0.05, 0.1) is 26.9 Å². The molecule has 2 fully saturated rings. The van der Waals surface area contributed by atoms with E-state index in [0.717, 1.165) is 24.8 Å². The Hall–Kier alpha value is -3.08. The maximum Gasteiger partial charge on any atom is 0.273 e. The van der Waals surface area contributed by atoms with E-state index < -0.39 is 22.6 Å². The number of carbonyl (C=O) groups excluding carboxylic acids is 2. The molecular weight excluding hydrogens is 406 g/mol. The fraction of sp³-hybridized carbons (Fsp3) is 0.421. The molecule has 156 valence electrons. The summed E-state index contributed by atoms with van der Waals surface area (Å²) in [5, 5.41) is 15.3. The lowest BCUT2D eigenvalue weighted by molar-refractivity contribution is -0.117. The molecule has 0 radical (unpaired) electrons. The van der Waals surface area contributed by atoms with Gasteiger partial charge in [-0.3, -0.25) is 9.59 Å². The quantitative estimate of drug-likeness (QED) is 0.656. The van der Waals surface area contributed by atoms with Crippen LogP contribution >= 0.6 is 0 Å². The first-order chi connectivity index (χ1) is 15.5. The molecule has 3 heterocycles. The van der Waals surface area contributed by atoms with Gasteiger partial charge < -0.3 is 16.0 Å². The number of nitrogens with zero attached hydrogens (tertiary/aromatic N) is 4. The van der Waals surface area contributed by atoms with Crippen LogP contribution in [-0.4, -0.2) is 44.4 Å². The van der Waals surface area contributed by atoms with Gasteiger partial charge in [-0.15, -0.1) is 10.2 Å². The van der Waals surface area contributed by atoms with Crippen LogP contribution in [0, 0.1) is 11.3 Å². The fourth-order valence-electron chi connectivity index (χ4n) is 3.93. The van der Waals surface area contributed by atoms with E-state index in [1.54, 1.807) is 6.07 Å². The van der Waals surface area contributed by atoms with E-state index >= 15 is 0 Å². The Morgan fingerprint density at radius 3 is 2.90 bits per heavy atom. The number of rotatable bonds is 5. The van der Waals surface area contributed by atoms with Gasteiger partial charge in [-0.25, -0.2) is 13.6 Å². The van der Waals surface area contributed by atoms with Gasteiger partial charge in [0.2, 0.25) is 5.91 Å². The molecule has 0 saturated heterocycles. The topological polar surface area (TPSA) is 138 Å². The average Bonchev–Trinajstić information content (AvgIpc) is 3.62. The Labute approximate surface area is 177 Å². The van der Waals surface area contributed by atoms with Crippen molar-refractivity contribution in [3.63, 3.8) is 0 Å². The summed E-state index contributed by atoms with van der Waals surface area (Å²) in [6.07, 6.45) is 5.95. The highest BCUT2D eigenvalue weighted by Crippen LogP contribution is 2.70. The van der Waals surface area contributed by atoms with E-state index in [-0.39, 0.29) is 46.8 Å². The first-order valence-electron chi connectivity index (χ1n) is 10.9. The molecule has 10 nitrogen and oxygen atoms in total. The van der Waals surface area contributed by atoms with Gasteiger partial charge in [-0.1, -0.05) is 0 Å². The van der Waals surface area contributed by atoms with Crippen LogP contribution in [0.25, 0.3) is 0 Å². The number of anilines is 3. The van der Waals surface area contributed by atoms with Crippen molar-refractivity contribution in [3.8, 4) is 0 Å². The number of hydrogen-bond donors (Lipinski definition) is 3. The van der Waals surface area contributed by atoms with Crippen LogP contribution in [0.2, 0.25) is 0 Å². The largest absolute Gasteiger partial charge is 0.354 e. The molecule has 1 spiro atoms. The third kappa shape index (κ3) is 3.09. The highest BCUT2D eigenvalue weighted by atomic mass is 32.2. The minimum atomic E-state index is -2.74. The van der Waals surface area contributed by atoms with Crippen molar-refractivity contribution < 1.29 is 17.9 Å². The van der Waals surface area contributed by atoms with Gasteiger partial charge in [-0.05, 0) is 36.3 Å². The predicted octanol–water partition coefficient (Wildman–Crippen LogP) is 1.68. The van der Waals surface area contributed by atoms with Crippen molar-refractivity contribution in [2.75, 3.05) is 23.9 Å². The Balaban J connectivity index is 1.49. The van der Waals surface area contributed by atoms with E-state index in [4.69, 9.17) is 4.11 Å². The summed E-state index contributed by atoms with van der Waals surface area (Å²) >= 11 is 0. The van der Waals surface area contributed by atoms with Gasteiger partial charge in [-0.2, -0.15) is 0 Å². The zero-order valence-electron chi connectivity index (χ0n) is 19.1. The molecule has 3 N–H and O–H groups in total. The lowest BCUT2D eigenvalue weighted by atomic mass is 10.2. The summed E-state index contributed by atoms with van der Waals surface area (Å²) < 4.78 is 39.0. The third-order valence-electron chi connectivity index (χ3n) is 5.87. The highest BCUT2D eigenvalue weighted by Gasteiger charge is 2.65. The molecule has 0 bridgehead atoms. The molecule has 2 atom stereocenters. The molecule has 1 aliphatic heterocycles. The van der Waals surface area contributed by atoms with Crippen molar-refractivity contribution in [1.29, 1.82) is 0 Å². The summed E-state index contributed by atoms with van der Waals surface area (Å²) in [5.41, 5.74) is 0.623. The zero-order chi connectivity index (χ0) is 23.6. The Bertz CT molecular complexity index is 1320. The van der Waals surface area contributed by atoms with Crippen molar-refractivity contribution in [1.82, 2.24) is 20.5 Å². The van der Waals surface area contributed by atoms with Gasteiger partial charge in [0.15, 0.2) is 11.5 Å². The van der Waals surface area contributed by atoms with E-state index in [1.165, 1.54) is 18.5 Å². The van der Waals surface area contributed by atoms with Crippen LogP contribution in [0.5, 0.6) is 0 Å². The number of fused-ring (bicyclic) bond motifs is 1. The molecule has 3 aliphatic rings. The van der Waals surface area contributed by atoms with Crippen molar-refractivity contribution in [3.05, 3.63) is 29.6 Å². The minimum absolute atomic E-state index is 0.0558. The first-order valence-corrected chi connectivity index (χ1v) is 11.3. The molecule has 2 amide bonds. The van der Waals surface area contributed by atoms with Crippen LogP contribution in [-0.2, 0) is 21.1 Å². The van der Waals surface area contributed by atoms with Crippen LogP contribution in [0.1, 0.15) is 39.4 Å². The maximum atomic E-state index is 12.9. The average molecular weight is 431 g/mol. The number of pyridine rings is 1. The lowest BCUT2D eigenvalue weighted by Crippen LogP contribution is -2.23. The first kappa shape index (κ1) is 15.7. The van der Waals surface area contributed by atoms with E-state index in [1.807, 2.05) is 5.32 Å². The molecule has 2 aromatic heterocycles. The molecule has 11 heteroatoms. The van der Waals surface area contributed by atoms with Crippen LogP contribution in [0.15, 0.2) is 27.6 Å². The minimum Gasteiger partial charge on any atom is -0.354 e.